The van der Waals surface area contributed by atoms with E-state index < -0.39 is 0 Å². The minimum atomic E-state index is 0.441. The quantitative estimate of drug-likeness (QED) is 0.925. The molecule has 104 valence electrons. The summed E-state index contributed by atoms with van der Waals surface area (Å²) < 4.78 is 5.85. The zero-order valence-corrected chi connectivity index (χ0v) is 11.9. The number of benzene rings is 1. The van der Waals surface area contributed by atoms with E-state index in [4.69, 9.17) is 22.1 Å². The Bertz CT molecular complexity index is 452. The van der Waals surface area contributed by atoms with E-state index >= 15 is 0 Å². The number of fused-ring (bicyclic) bond motifs is 1. The van der Waals surface area contributed by atoms with Gasteiger partial charge in [0.15, 0.2) is 0 Å². The van der Waals surface area contributed by atoms with Crippen molar-refractivity contribution >= 4 is 11.6 Å². The molecule has 2 N–H and O–H groups in total. The van der Waals surface area contributed by atoms with Gasteiger partial charge in [0.25, 0.3) is 0 Å². The summed E-state index contributed by atoms with van der Waals surface area (Å²) in [6.45, 7) is 3.33. The number of nitrogens with zero attached hydrogens (tertiary/aromatic N) is 1. The third kappa shape index (κ3) is 2.79. The highest BCUT2D eigenvalue weighted by molar-refractivity contribution is 6.31. The fourth-order valence-corrected chi connectivity index (χ4v) is 3.53. The molecule has 3 rings (SSSR count). The minimum Gasteiger partial charge on any atom is -0.375 e. The molecule has 0 radical (unpaired) electrons. The molecule has 1 aliphatic carbocycles. The van der Waals surface area contributed by atoms with Crippen LogP contribution in [0, 0.1) is 0 Å². The summed E-state index contributed by atoms with van der Waals surface area (Å²) in [7, 11) is 0. The van der Waals surface area contributed by atoms with Gasteiger partial charge in [-0.25, -0.2) is 0 Å². The van der Waals surface area contributed by atoms with Crippen molar-refractivity contribution in [3.8, 4) is 0 Å². The van der Waals surface area contributed by atoms with Crippen LogP contribution in [-0.4, -0.2) is 30.2 Å². The largest absolute Gasteiger partial charge is 0.375 e. The van der Waals surface area contributed by atoms with Gasteiger partial charge in [0.05, 0.1) is 12.7 Å². The summed E-state index contributed by atoms with van der Waals surface area (Å²) in [6.07, 6.45) is 4.19. The highest BCUT2D eigenvalue weighted by Gasteiger charge is 2.35. The van der Waals surface area contributed by atoms with Crippen LogP contribution in [0.25, 0.3) is 0 Å². The Morgan fingerprint density at radius 2 is 2.26 bits per heavy atom. The highest BCUT2D eigenvalue weighted by atomic mass is 35.5. The van der Waals surface area contributed by atoms with Crippen LogP contribution in [0.4, 0.5) is 0 Å². The Kier molecular flexibility index (Phi) is 4.08. The average Bonchev–Trinajstić information content (AvgIpc) is 2.90. The number of halogens is 1. The van der Waals surface area contributed by atoms with Crippen LogP contribution in [0.1, 0.15) is 30.4 Å². The number of morpholine rings is 1. The molecule has 1 aromatic rings. The molecule has 1 saturated carbocycles. The lowest BCUT2D eigenvalue weighted by Gasteiger charge is -2.37. The normalized spacial score (nSPS) is 27.5. The van der Waals surface area contributed by atoms with Crippen LogP contribution in [-0.2, 0) is 17.8 Å². The Hall–Kier alpha value is -0.610. The summed E-state index contributed by atoms with van der Waals surface area (Å²) in [4.78, 5) is 2.53. The molecule has 2 aliphatic rings. The molecule has 0 spiro atoms. The molecule has 2 atom stereocenters. The lowest BCUT2D eigenvalue weighted by atomic mass is 10.1. The van der Waals surface area contributed by atoms with E-state index in [2.05, 4.69) is 17.0 Å². The second-order valence-electron chi connectivity index (χ2n) is 5.51. The molecular formula is C15H21ClN2O. The summed E-state index contributed by atoms with van der Waals surface area (Å²) in [5, 5.41) is 0.837. The molecule has 19 heavy (non-hydrogen) atoms. The van der Waals surface area contributed by atoms with Gasteiger partial charge in [-0.1, -0.05) is 23.7 Å². The van der Waals surface area contributed by atoms with E-state index in [0.717, 1.165) is 30.3 Å². The predicted octanol–water partition coefficient (Wildman–Crippen LogP) is 2.55. The van der Waals surface area contributed by atoms with Gasteiger partial charge in [0, 0.05) is 30.7 Å². The predicted molar refractivity (Wildman–Crippen MR) is 77.1 cm³/mol. The summed E-state index contributed by atoms with van der Waals surface area (Å²) in [6, 6.07) is 6.76. The van der Waals surface area contributed by atoms with Crippen molar-refractivity contribution in [2.75, 3.05) is 13.2 Å². The van der Waals surface area contributed by atoms with Crippen LogP contribution >= 0.6 is 11.6 Å². The van der Waals surface area contributed by atoms with Crippen LogP contribution < -0.4 is 5.73 Å². The highest BCUT2D eigenvalue weighted by Crippen LogP contribution is 2.31. The Morgan fingerprint density at radius 3 is 3.05 bits per heavy atom. The minimum absolute atomic E-state index is 0.441. The van der Waals surface area contributed by atoms with E-state index in [0.29, 0.717) is 18.7 Å². The monoisotopic (exact) mass is 280 g/mol. The van der Waals surface area contributed by atoms with Gasteiger partial charge >= 0.3 is 0 Å². The maximum Gasteiger partial charge on any atom is 0.0731 e. The van der Waals surface area contributed by atoms with Crippen LogP contribution in [0.2, 0.25) is 5.02 Å². The maximum atomic E-state index is 6.36. The fourth-order valence-electron chi connectivity index (χ4n) is 3.27. The van der Waals surface area contributed by atoms with E-state index in [1.165, 1.54) is 24.8 Å². The first kappa shape index (κ1) is 13.4. The number of hydrogen-bond donors (Lipinski definition) is 1. The van der Waals surface area contributed by atoms with Gasteiger partial charge in [0.2, 0.25) is 0 Å². The summed E-state index contributed by atoms with van der Waals surface area (Å²) >= 11 is 6.36. The van der Waals surface area contributed by atoms with Crippen LogP contribution in [0.15, 0.2) is 18.2 Å². The van der Waals surface area contributed by atoms with Gasteiger partial charge in [-0.3, -0.25) is 4.90 Å². The van der Waals surface area contributed by atoms with Gasteiger partial charge in [-0.05, 0) is 36.5 Å². The van der Waals surface area contributed by atoms with Crippen molar-refractivity contribution in [2.24, 2.45) is 5.73 Å². The topological polar surface area (TPSA) is 38.5 Å². The van der Waals surface area contributed by atoms with E-state index in [9.17, 15) is 0 Å². The molecule has 1 heterocycles. The molecule has 0 bridgehead atoms. The number of rotatable bonds is 3. The standard InChI is InChI=1S/C15H21ClN2O/c16-13-8-11(9-17)4-5-12(13)10-18-6-7-19-15-3-1-2-14(15)18/h4-5,8,14-15H,1-3,6-7,9-10,17H2. The van der Waals surface area contributed by atoms with Gasteiger partial charge in [0.1, 0.15) is 0 Å². The van der Waals surface area contributed by atoms with Gasteiger partial charge < -0.3 is 10.5 Å². The first-order valence-corrected chi connectivity index (χ1v) is 7.49. The molecule has 1 aromatic carbocycles. The van der Waals surface area contributed by atoms with Crippen LogP contribution in [0.5, 0.6) is 0 Å². The first-order valence-electron chi connectivity index (χ1n) is 7.11. The van der Waals surface area contributed by atoms with E-state index in [-0.39, 0.29) is 0 Å². The van der Waals surface area contributed by atoms with Crippen molar-refractivity contribution in [3.63, 3.8) is 0 Å². The molecule has 1 saturated heterocycles. The molecule has 1 aliphatic heterocycles. The van der Waals surface area contributed by atoms with E-state index in [1.54, 1.807) is 0 Å². The Balaban J connectivity index is 1.73. The zero-order valence-electron chi connectivity index (χ0n) is 11.1. The molecular weight excluding hydrogens is 260 g/mol. The molecule has 2 fully saturated rings. The summed E-state index contributed by atoms with van der Waals surface area (Å²) in [5.41, 5.74) is 7.93. The average molecular weight is 281 g/mol. The molecule has 0 aromatic heterocycles. The van der Waals surface area contributed by atoms with Crippen molar-refractivity contribution in [3.05, 3.63) is 34.3 Å². The second kappa shape index (κ2) is 5.80. The molecule has 4 heteroatoms. The Labute approximate surface area is 119 Å². The second-order valence-corrected chi connectivity index (χ2v) is 5.92. The fraction of sp³-hybridized carbons (Fsp3) is 0.600. The Morgan fingerprint density at radius 1 is 1.37 bits per heavy atom. The van der Waals surface area contributed by atoms with Crippen molar-refractivity contribution < 1.29 is 4.74 Å². The third-order valence-electron chi connectivity index (χ3n) is 4.32. The zero-order chi connectivity index (χ0) is 13.2. The SMILES string of the molecule is NCc1ccc(CN2CCOC3CCCC32)c(Cl)c1. The molecule has 0 amide bonds. The van der Waals surface area contributed by atoms with Gasteiger partial charge in [-0.2, -0.15) is 0 Å². The lowest BCUT2D eigenvalue weighted by molar-refractivity contribution is -0.0588. The third-order valence-corrected chi connectivity index (χ3v) is 4.68. The number of nitrogens with two attached hydrogens (primary N) is 1. The molecule has 2 unspecified atom stereocenters. The van der Waals surface area contributed by atoms with Crippen molar-refractivity contribution in [2.45, 2.75) is 44.5 Å². The van der Waals surface area contributed by atoms with Crippen molar-refractivity contribution in [1.82, 2.24) is 4.90 Å². The first-order chi connectivity index (χ1) is 9.28. The summed E-state index contributed by atoms with van der Waals surface area (Å²) in [5.74, 6) is 0. The van der Waals surface area contributed by atoms with Crippen molar-refractivity contribution in [1.29, 1.82) is 0 Å². The van der Waals surface area contributed by atoms with E-state index in [1.807, 2.05) is 6.07 Å². The number of ether oxygens (including phenoxy) is 1. The number of hydrogen-bond acceptors (Lipinski definition) is 3. The van der Waals surface area contributed by atoms with Crippen LogP contribution in [0.3, 0.4) is 0 Å². The smallest absolute Gasteiger partial charge is 0.0731 e. The molecule has 3 nitrogen and oxygen atoms in total. The lowest BCUT2D eigenvalue weighted by Crippen LogP contribution is -2.47. The van der Waals surface area contributed by atoms with Gasteiger partial charge in [-0.15, -0.1) is 0 Å². The maximum absolute atomic E-state index is 6.36.